The monoisotopic (exact) mass is 373 g/mol. The van der Waals surface area contributed by atoms with Crippen molar-refractivity contribution in [2.45, 2.75) is 57.8 Å². The SMILES string of the molecule is CCOC(=O)C(F)(F)C(O)C(Cc1ccccc1)NC(=O)OC(C)(C)C. The van der Waals surface area contributed by atoms with E-state index < -0.39 is 35.7 Å². The van der Waals surface area contributed by atoms with Crippen molar-refractivity contribution in [1.29, 1.82) is 0 Å². The quantitative estimate of drug-likeness (QED) is 0.718. The van der Waals surface area contributed by atoms with Gasteiger partial charge in [-0.15, -0.1) is 0 Å². The first-order valence-corrected chi connectivity index (χ1v) is 8.24. The van der Waals surface area contributed by atoms with Gasteiger partial charge < -0.3 is 19.9 Å². The van der Waals surface area contributed by atoms with E-state index in [0.29, 0.717) is 5.56 Å². The molecule has 1 rings (SSSR count). The summed E-state index contributed by atoms with van der Waals surface area (Å²) in [6, 6.07) is 6.96. The molecule has 0 spiro atoms. The highest BCUT2D eigenvalue weighted by molar-refractivity contribution is 5.78. The minimum atomic E-state index is -4.19. The summed E-state index contributed by atoms with van der Waals surface area (Å²) in [5.74, 6) is -6.04. The number of hydrogen-bond acceptors (Lipinski definition) is 5. The lowest BCUT2D eigenvalue weighted by Gasteiger charge is -2.30. The van der Waals surface area contributed by atoms with Crippen LogP contribution in [0.2, 0.25) is 0 Å². The van der Waals surface area contributed by atoms with Gasteiger partial charge in [0.2, 0.25) is 0 Å². The van der Waals surface area contributed by atoms with Crippen LogP contribution in [0.15, 0.2) is 30.3 Å². The molecular formula is C18H25F2NO5. The van der Waals surface area contributed by atoms with E-state index in [1.54, 1.807) is 51.1 Å². The predicted octanol–water partition coefficient (Wildman–Crippen LogP) is 2.68. The Bertz CT molecular complexity index is 601. The highest BCUT2D eigenvalue weighted by atomic mass is 19.3. The maximum absolute atomic E-state index is 14.2. The summed E-state index contributed by atoms with van der Waals surface area (Å²) in [7, 11) is 0. The molecular weight excluding hydrogens is 348 g/mol. The lowest BCUT2D eigenvalue weighted by Crippen LogP contribution is -2.56. The normalized spacial score (nSPS) is 14.3. The molecule has 0 aromatic heterocycles. The summed E-state index contributed by atoms with van der Waals surface area (Å²) >= 11 is 0. The minimum Gasteiger partial charge on any atom is -0.461 e. The molecule has 146 valence electrons. The van der Waals surface area contributed by atoms with Gasteiger partial charge in [0.1, 0.15) is 11.7 Å². The second-order valence-corrected chi connectivity index (χ2v) is 6.73. The molecule has 6 nitrogen and oxygen atoms in total. The van der Waals surface area contributed by atoms with Crippen molar-refractivity contribution >= 4 is 12.1 Å². The minimum absolute atomic E-state index is 0.129. The fourth-order valence-corrected chi connectivity index (χ4v) is 2.17. The van der Waals surface area contributed by atoms with Crippen molar-refractivity contribution in [1.82, 2.24) is 5.32 Å². The van der Waals surface area contributed by atoms with Crippen LogP contribution in [-0.2, 0) is 20.7 Å². The van der Waals surface area contributed by atoms with Crippen LogP contribution >= 0.6 is 0 Å². The maximum Gasteiger partial charge on any atom is 0.407 e. The topological polar surface area (TPSA) is 84.9 Å². The zero-order chi connectivity index (χ0) is 20.0. The predicted molar refractivity (Wildman–Crippen MR) is 90.9 cm³/mol. The molecule has 0 bridgehead atoms. The number of carbonyl (C=O) groups excluding carboxylic acids is 2. The maximum atomic E-state index is 14.2. The van der Waals surface area contributed by atoms with E-state index in [4.69, 9.17) is 4.74 Å². The van der Waals surface area contributed by atoms with Crippen molar-refractivity contribution in [2.75, 3.05) is 6.61 Å². The molecule has 1 aromatic carbocycles. The number of hydrogen-bond donors (Lipinski definition) is 2. The largest absolute Gasteiger partial charge is 0.461 e. The van der Waals surface area contributed by atoms with Gasteiger partial charge in [-0.05, 0) is 39.7 Å². The number of halogens is 2. The van der Waals surface area contributed by atoms with Crippen LogP contribution < -0.4 is 5.32 Å². The van der Waals surface area contributed by atoms with Crippen LogP contribution in [0.4, 0.5) is 13.6 Å². The second-order valence-electron chi connectivity index (χ2n) is 6.73. The average Bonchev–Trinajstić information content (AvgIpc) is 2.53. The van der Waals surface area contributed by atoms with Gasteiger partial charge in [0, 0.05) is 0 Å². The first-order valence-electron chi connectivity index (χ1n) is 8.24. The molecule has 1 aromatic rings. The molecule has 0 radical (unpaired) electrons. The first kappa shape index (κ1) is 21.8. The Morgan fingerprint density at radius 1 is 1.19 bits per heavy atom. The molecule has 0 aliphatic rings. The standard InChI is InChI=1S/C18H25F2NO5/c1-5-25-15(23)18(19,20)14(22)13(11-12-9-7-6-8-10-12)21-16(24)26-17(2,3)4/h6-10,13-14,22H,5,11H2,1-4H3,(H,21,24). The summed E-state index contributed by atoms with van der Waals surface area (Å²) in [4.78, 5) is 23.5. The third-order valence-electron chi connectivity index (χ3n) is 3.30. The number of ether oxygens (including phenoxy) is 2. The van der Waals surface area contributed by atoms with Crippen LogP contribution in [0, 0.1) is 0 Å². The van der Waals surface area contributed by atoms with E-state index in [9.17, 15) is 23.5 Å². The van der Waals surface area contributed by atoms with E-state index in [1.807, 2.05) is 0 Å². The third kappa shape index (κ3) is 6.59. The highest BCUT2D eigenvalue weighted by Gasteiger charge is 2.52. The van der Waals surface area contributed by atoms with E-state index in [2.05, 4.69) is 10.1 Å². The van der Waals surface area contributed by atoms with Crippen LogP contribution in [0.25, 0.3) is 0 Å². The van der Waals surface area contributed by atoms with Gasteiger partial charge in [-0.2, -0.15) is 8.78 Å². The molecule has 2 N–H and O–H groups in total. The van der Waals surface area contributed by atoms with Gasteiger partial charge in [0.05, 0.1) is 12.6 Å². The molecule has 0 heterocycles. The fraction of sp³-hybridized carbons (Fsp3) is 0.556. The Hall–Kier alpha value is -2.22. The number of benzene rings is 1. The van der Waals surface area contributed by atoms with Gasteiger partial charge in [0.25, 0.3) is 0 Å². The number of alkyl halides is 2. The number of esters is 1. The molecule has 0 aliphatic carbocycles. The molecule has 8 heteroatoms. The van der Waals surface area contributed by atoms with E-state index >= 15 is 0 Å². The van der Waals surface area contributed by atoms with Crippen LogP contribution in [0.1, 0.15) is 33.3 Å². The van der Waals surface area contributed by atoms with E-state index in [-0.39, 0.29) is 13.0 Å². The van der Waals surface area contributed by atoms with Gasteiger partial charge >= 0.3 is 18.0 Å². The van der Waals surface area contributed by atoms with Crippen molar-refractivity contribution in [2.24, 2.45) is 0 Å². The van der Waals surface area contributed by atoms with E-state index in [0.717, 1.165) is 0 Å². The summed E-state index contributed by atoms with van der Waals surface area (Å²) in [6.45, 7) is 5.96. The molecule has 0 saturated heterocycles. The lowest BCUT2D eigenvalue weighted by atomic mass is 9.97. The Balaban J connectivity index is 3.02. The van der Waals surface area contributed by atoms with E-state index in [1.165, 1.54) is 6.92 Å². The summed E-state index contributed by atoms with van der Waals surface area (Å²) < 4.78 is 37.8. The Labute approximate surface area is 151 Å². The summed E-state index contributed by atoms with van der Waals surface area (Å²) in [5.41, 5.74) is -0.261. The fourth-order valence-electron chi connectivity index (χ4n) is 2.17. The van der Waals surface area contributed by atoms with Crippen LogP contribution in [0.3, 0.4) is 0 Å². The van der Waals surface area contributed by atoms with Gasteiger partial charge in [-0.25, -0.2) is 9.59 Å². The van der Waals surface area contributed by atoms with Gasteiger partial charge in [0.15, 0.2) is 0 Å². The second kappa shape index (κ2) is 8.93. The molecule has 26 heavy (non-hydrogen) atoms. The molecule has 2 atom stereocenters. The van der Waals surface area contributed by atoms with Crippen LogP contribution in [-0.4, -0.2) is 47.4 Å². The van der Waals surface area contributed by atoms with Crippen molar-refractivity contribution in [3.8, 4) is 0 Å². The smallest absolute Gasteiger partial charge is 0.407 e. The molecule has 0 saturated carbocycles. The van der Waals surface area contributed by atoms with Crippen molar-refractivity contribution < 1.29 is 33.0 Å². The number of carbonyl (C=O) groups is 2. The Morgan fingerprint density at radius 2 is 1.77 bits per heavy atom. The Kier molecular flexibility index (Phi) is 7.50. The lowest BCUT2D eigenvalue weighted by molar-refractivity contribution is -0.191. The first-order chi connectivity index (χ1) is 12.0. The zero-order valence-electron chi connectivity index (χ0n) is 15.3. The third-order valence-corrected chi connectivity index (χ3v) is 3.30. The van der Waals surface area contributed by atoms with Crippen molar-refractivity contribution in [3.63, 3.8) is 0 Å². The summed E-state index contributed by atoms with van der Waals surface area (Å²) in [6.07, 6.45) is -3.60. The summed E-state index contributed by atoms with van der Waals surface area (Å²) in [5, 5.41) is 12.3. The molecule has 0 aliphatic heterocycles. The molecule has 1 amide bonds. The number of amides is 1. The number of aliphatic hydroxyl groups is 1. The van der Waals surface area contributed by atoms with Crippen molar-refractivity contribution in [3.05, 3.63) is 35.9 Å². The van der Waals surface area contributed by atoms with Crippen LogP contribution in [0.5, 0.6) is 0 Å². The zero-order valence-corrected chi connectivity index (χ0v) is 15.3. The molecule has 2 unspecified atom stereocenters. The highest BCUT2D eigenvalue weighted by Crippen LogP contribution is 2.25. The average molecular weight is 373 g/mol. The molecule has 0 fully saturated rings. The number of nitrogens with one attached hydrogen (secondary N) is 1. The number of aliphatic hydroxyl groups excluding tert-OH is 1. The number of alkyl carbamates (subject to hydrolysis) is 1. The Morgan fingerprint density at radius 3 is 2.27 bits per heavy atom. The van der Waals surface area contributed by atoms with Gasteiger partial charge in [-0.1, -0.05) is 30.3 Å². The number of rotatable bonds is 7. The van der Waals surface area contributed by atoms with Gasteiger partial charge in [-0.3, -0.25) is 0 Å².